The summed E-state index contributed by atoms with van der Waals surface area (Å²) in [5.41, 5.74) is 3.00. The van der Waals surface area contributed by atoms with Gasteiger partial charge in [-0.1, -0.05) is 36.4 Å². The molecule has 25 heavy (non-hydrogen) atoms. The zero-order valence-corrected chi connectivity index (χ0v) is 13.8. The average molecular weight is 333 g/mol. The van der Waals surface area contributed by atoms with Gasteiger partial charge >= 0.3 is 11.8 Å². The van der Waals surface area contributed by atoms with Gasteiger partial charge in [0.05, 0.1) is 17.9 Å². The number of hydrogen-bond acceptors (Lipinski definition) is 3. The van der Waals surface area contributed by atoms with Crippen molar-refractivity contribution < 1.29 is 9.59 Å². The van der Waals surface area contributed by atoms with Gasteiger partial charge in [0.1, 0.15) is 0 Å². The molecule has 0 saturated carbocycles. The topological polar surface area (TPSA) is 62.3 Å². The quantitative estimate of drug-likeness (QED) is 0.860. The highest BCUT2D eigenvalue weighted by atomic mass is 16.2. The fraction of sp³-hybridized carbons (Fsp3) is 0.250. The van der Waals surface area contributed by atoms with Crippen LogP contribution in [0.4, 0.5) is 5.69 Å². The van der Waals surface area contributed by atoms with E-state index in [-0.39, 0.29) is 12.1 Å². The molecular formula is C20H19N3O2. The summed E-state index contributed by atoms with van der Waals surface area (Å²) < 4.78 is 0. The number of anilines is 1. The molecule has 4 rings (SSSR count). The van der Waals surface area contributed by atoms with Gasteiger partial charge in [-0.15, -0.1) is 0 Å². The molecule has 2 bridgehead atoms. The van der Waals surface area contributed by atoms with Crippen molar-refractivity contribution in [2.75, 3.05) is 5.32 Å². The Bertz CT molecular complexity index is 817. The molecule has 2 atom stereocenters. The second-order valence-electron chi connectivity index (χ2n) is 6.47. The van der Waals surface area contributed by atoms with E-state index in [1.807, 2.05) is 18.2 Å². The molecule has 3 heterocycles. The van der Waals surface area contributed by atoms with Crippen LogP contribution < -0.4 is 5.32 Å². The third-order valence-electron chi connectivity index (χ3n) is 4.89. The van der Waals surface area contributed by atoms with Crippen LogP contribution in [0.5, 0.6) is 0 Å². The SMILES string of the molecule is O=C(Nc1cccnc1)C(=O)N1C2C=C(c3ccccc3)CC1CC2. The first-order valence-electron chi connectivity index (χ1n) is 8.52. The Balaban J connectivity index is 1.51. The van der Waals surface area contributed by atoms with Gasteiger partial charge in [-0.05, 0) is 42.5 Å². The Hall–Kier alpha value is -2.95. The third-order valence-corrected chi connectivity index (χ3v) is 4.89. The molecule has 2 aliphatic rings. The number of carbonyl (C=O) groups excluding carboxylic acids is 2. The fourth-order valence-corrected chi connectivity index (χ4v) is 3.75. The standard InChI is InChI=1S/C20H19N3O2/c24-19(22-16-7-4-10-21-13-16)20(25)23-17-8-9-18(23)12-15(11-17)14-5-2-1-3-6-14/h1-7,10-11,13,17-18H,8-9,12H2,(H,22,24). The van der Waals surface area contributed by atoms with Crippen molar-refractivity contribution in [3.05, 3.63) is 66.5 Å². The number of benzene rings is 1. The van der Waals surface area contributed by atoms with Crippen LogP contribution in [0.3, 0.4) is 0 Å². The Kier molecular flexibility index (Phi) is 4.06. The number of nitrogens with zero attached hydrogens (tertiary/aromatic N) is 2. The number of pyridine rings is 1. The molecule has 2 unspecified atom stereocenters. The first kappa shape index (κ1) is 15.6. The molecule has 5 heteroatoms. The third kappa shape index (κ3) is 3.05. The van der Waals surface area contributed by atoms with Crippen molar-refractivity contribution in [2.24, 2.45) is 0 Å². The van der Waals surface area contributed by atoms with Gasteiger partial charge in [-0.3, -0.25) is 14.6 Å². The largest absolute Gasteiger partial charge is 0.325 e. The lowest BCUT2D eigenvalue weighted by Gasteiger charge is -2.33. The number of amides is 2. The fourth-order valence-electron chi connectivity index (χ4n) is 3.75. The van der Waals surface area contributed by atoms with Crippen molar-refractivity contribution >= 4 is 23.1 Å². The van der Waals surface area contributed by atoms with E-state index < -0.39 is 11.8 Å². The maximum absolute atomic E-state index is 12.7. The zero-order valence-electron chi connectivity index (χ0n) is 13.8. The van der Waals surface area contributed by atoms with Gasteiger partial charge in [0, 0.05) is 12.2 Å². The van der Waals surface area contributed by atoms with E-state index in [0.717, 1.165) is 19.3 Å². The van der Waals surface area contributed by atoms with E-state index in [9.17, 15) is 9.59 Å². The molecule has 1 saturated heterocycles. The van der Waals surface area contributed by atoms with Crippen LogP contribution in [0.2, 0.25) is 0 Å². The second kappa shape index (κ2) is 6.51. The van der Waals surface area contributed by atoms with Crippen LogP contribution in [0.1, 0.15) is 24.8 Å². The first-order valence-corrected chi connectivity index (χ1v) is 8.52. The summed E-state index contributed by atoms with van der Waals surface area (Å²) in [6.45, 7) is 0. The minimum Gasteiger partial charge on any atom is -0.325 e. The van der Waals surface area contributed by atoms with Gasteiger partial charge in [-0.2, -0.15) is 0 Å². The van der Waals surface area contributed by atoms with E-state index in [1.165, 1.54) is 17.3 Å². The zero-order chi connectivity index (χ0) is 17.2. The molecular weight excluding hydrogens is 314 g/mol. The molecule has 1 fully saturated rings. The monoisotopic (exact) mass is 333 g/mol. The molecule has 2 aliphatic heterocycles. The van der Waals surface area contributed by atoms with Gasteiger partial charge in [0.2, 0.25) is 0 Å². The Morgan fingerprint density at radius 3 is 2.64 bits per heavy atom. The first-order chi connectivity index (χ1) is 12.2. The summed E-state index contributed by atoms with van der Waals surface area (Å²) in [6.07, 6.45) is 7.94. The molecule has 0 spiro atoms. The lowest BCUT2D eigenvalue weighted by atomic mass is 9.94. The van der Waals surface area contributed by atoms with Crippen LogP contribution in [-0.2, 0) is 9.59 Å². The van der Waals surface area contributed by atoms with Gasteiger partial charge < -0.3 is 10.2 Å². The van der Waals surface area contributed by atoms with Crippen LogP contribution in [0.15, 0.2) is 60.9 Å². The normalized spacial score (nSPS) is 21.6. The second-order valence-corrected chi connectivity index (χ2v) is 6.47. The Morgan fingerprint density at radius 1 is 1.08 bits per heavy atom. The van der Waals surface area contributed by atoms with E-state index in [0.29, 0.717) is 5.69 Å². The summed E-state index contributed by atoms with van der Waals surface area (Å²) >= 11 is 0. The number of carbonyl (C=O) groups is 2. The maximum Gasteiger partial charge on any atom is 0.313 e. The lowest BCUT2D eigenvalue weighted by Crippen LogP contribution is -2.47. The lowest BCUT2D eigenvalue weighted by molar-refractivity contribution is -0.144. The highest BCUT2D eigenvalue weighted by Crippen LogP contribution is 2.38. The van der Waals surface area contributed by atoms with Gasteiger partial charge in [0.25, 0.3) is 0 Å². The predicted molar refractivity (Wildman–Crippen MR) is 95.6 cm³/mol. The number of aromatic nitrogens is 1. The summed E-state index contributed by atoms with van der Waals surface area (Å²) in [4.78, 5) is 30.7. The van der Waals surface area contributed by atoms with E-state index in [4.69, 9.17) is 0 Å². The van der Waals surface area contributed by atoms with Crippen LogP contribution >= 0.6 is 0 Å². The van der Waals surface area contributed by atoms with Crippen molar-refractivity contribution in [2.45, 2.75) is 31.3 Å². The van der Waals surface area contributed by atoms with Crippen molar-refractivity contribution in [3.63, 3.8) is 0 Å². The maximum atomic E-state index is 12.7. The van der Waals surface area contributed by atoms with Crippen LogP contribution in [-0.4, -0.2) is 33.8 Å². The molecule has 0 aliphatic carbocycles. The van der Waals surface area contributed by atoms with Crippen molar-refractivity contribution in [1.82, 2.24) is 9.88 Å². The molecule has 126 valence electrons. The summed E-state index contributed by atoms with van der Waals surface area (Å²) in [6, 6.07) is 13.8. The highest BCUT2D eigenvalue weighted by molar-refractivity contribution is 6.39. The number of rotatable bonds is 2. The van der Waals surface area contributed by atoms with Crippen molar-refractivity contribution in [1.29, 1.82) is 0 Å². The minimum absolute atomic E-state index is 0.00102. The minimum atomic E-state index is -0.596. The van der Waals surface area contributed by atoms with E-state index in [2.05, 4.69) is 28.5 Å². The molecule has 1 aromatic carbocycles. The smallest absolute Gasteiger partial charge is 0.313 e. The van der Waals surface area contributed by atoms with Crippen molar-refractivity contribution in [3.8, 4) is 0 Å². The van der Waals surface area contributed by atoms with Crippen LogP contribution in [0, 0.1) is 0 Å². The molecule has 5 nitrogen and oxygen atoms in total. The Labute approximate surface area is 146 Å². The molecule has 1 N–H and O–H groups in total. The number of hydrogen-bond donors (Lipinski definition) is 1. The van der Waals surface area contributed by atoms with Gasteiger partial charge in [-0.25, -0.2) is 0 Å². The van der Waals surface area contributed by atoms with E-state index >= 15 is 0 Å². The van der Waals surface area contributed by atoms with Gasteiger partial charge in [0.15, 0.2) is 0 Å². The molecule has 2 amide bonds. The van der Waals surface area contributed by atoms with E-state index in [1.54, 1.807) is 23.2 Å². The number of nitrogens with one attached hydrogen (secondary N) is 1. The summed E-state index contributed by atoms with van der Waals surface area (Å²) in [5, 5.41) is 2.64. The predicted octanol–water partition coefficient (Wildman–Crippen LogP) is 2.87. The highest BCUT2D eigenvalue weighted by Gasteiger charge is 2.41. The summed E-state index contributed by atoms with van der Waals surface area (Å²) in [5.74, 6) is -1.05. The Morgan fingerprint density at radius 2 is 1.92 bits per heavy atom. The molecule has 1 aromatic heterocycles. The molecule has 2 aromatic rings. The summed E-state index contributed by atoms with van der Waals surface area (Å²) in [7, 11) is 0. The average Bonchev–Trinajstić information content (AvgIpc) is 2.92. The molecule has 0 radical (unpaired) electrons. The number of fused-ring (bicyclic) bond motifs is 2. The van der Waals surface area contributed by atoms with Crippen LogP contribution in [0.25, 0.3) is 5.57 Å².